The Morgan fingerprint density at radius 1 is 1.05 bits per heavy atom. The number of Topliss-reactive ketones (excluding diaryl/α,β-unsaturated/α-hetero) is 1. The minimum atomic E-state index is -0.652. The fourth-order valence-electron chi connectivity index (χ4n) is 2.47. The molecule has 0 spiro atoms. The van der Waals surface area contributed by atoms with Crippen LogP contribution in [0.4, 0.5) is 0 Å². The van der Waals surface area contributed by atoms with E-state index in [0.717, 1.165) is 12.8 Å². The van der Waals surface area contributed by atoms with E-state index in [4.69, 9.17) is 18.9 Å². The molecule has 1 aromatic carbocycles. The minimum absolute atomic E-state index is 0.0213. The van der Waals surface area contributed by atoms with Crippen molar-refractivity contribution < 1.29 is 28.5 Å². The van der Waals surface area contributed by atoms with Gasteiger partial charge in [-0.25, -0.2) is 4.79 Å². The summed E-state index contributed by atoms with van der Waals surface area (Å²) in [6.07, 6.45) is 2.14. The third-order valence-corrected chi connectivity index (χ3v) is 3.65. The lowest BCUT2D eigenvalue weighted by atomic mass is 9.96. The van der Waals surface area contributed by atoms with Crippen LogP contribution in [-0.4, -0.2) is 39.2 Å². The molecule has 1 fully saturated rings. The molecular weight excluding hydrogens is 288 g/mol. The number of rotatable bonds is 5. The van der Waals surface area contributed by atoms with Crippen LogP contribution in [0.2, 0.25) is 0 Å². The van der Waals surface area contributed by atoms with Crippen molar-refractivity contribution in [3.63, 3.8) is 0 Å². The molecule has 1 aliphatic rings. The van der Waals surface area contributed by atoms with Gasteiger partial charge in [-0.2, -0.15) is 0 Å². The van der Waals surface area contributed by atoms with E-state index in [9.17, 15) is 9.59 Å². The predicted octanol–water partition coefficient (Wildman–Crippen LogP) is 2.38. The number of benzene rings is 1. The molecule has 0 bridgehead atoms. The Hall–Kier alpha value is -2.24. The van der Waals surface area contributed by atoms with Crippen molar-refractivity contribution in [2.75, 3.05) is 21.3 Å². The Bertz CT molecular complexity index is 541. The first-order valence-corrected chi connectivity index (χ1v) is 7.14. The smallest absolute Gasteiger partial charge is 0.339 e. The summed E-state index contributed by atoms with van der Waals surface area (Å²) >= 11 is 0. The van der Waals surface area contributed by atoms with E-state index in [1.54, 1.807) is 0 Å². The van der Waals surface area contributed by atoms with Gasteiger partial charge in [0.15, 0.2) is 23.4 Å². The lowest BCUT2D eigenvalue weighted by molar-refractivity contribution is -0.129. The highest BCUT2D eigenvalue weighted by molar-refractivity contribution is 5.94. The number of hydrogen-bond acceptors (Lipinski definition) is 6. The fraction of sp³-hybridized carbons (Fsp3) is 0.500. The SMILES string of the molecule is COc1cc(C(=O)O[C@H]2CCCCC2=O)cc(OC)c1OC. The van der Waals surface area contributed by atoms with Gasteiger partial charge in [0.05, 0.1) is 26.9 Å². The second-order valence-corrected chi connectivity index (χ2v) is 5.02. The summed E-state index contributed by atoms with van der Waals surface area (Å²) in [5.41, 5.74) is 0.257. The molecule has 0 aromatic heterocycles. The number of esters is 1. The molecule has 0 N–H and O–H groups in total. The fourth-order valence-corrected chi connectivity index (χ4v) is 2.47. The first-order chi connectivity index (χ1) is 10.6. The highest BCUT2D eigenvalue weighted by atomic mass is 16.5. The number of carbonyl (C=O) groups excluding carboxylic acids is 2. The number of ether oxygens (including phenoxy) is 4. The Labute approximate surface area is 129 Å². The number of ketones is 1. The van der Waals surface area contributed by atoms with Crippen molar-refractivity contribution in [1.82, 2.24) is 0 Å². The monoisotopic (exact) mass is 308 g/mol. The topological polar surface area (TPSA) is 71.1 Å². The van der Waals surface area contributed by atoms with Crippen molar-refractivity contribution in [3.05, 3.63) is 17.7 Å². The zero-order valence-electron chi connectivity index (χ0n) is 13.0. The zero-order valence-corrected chi connectivity index (χ0v) is 13.0. The molecule has 6 heteroatoms. The third-order valence-electron chi connectivity index (χ3n) is 3.65. The van der Waals surface area contributed by atoms with Gasteiger partial charge in [-0.05, 0) is 31.4 Å². The van der Waals surface area contributed by atoms with E-state index in [0.29, 0.717) is 30.1 Å². The standard InChI is InChI=1S/C16H20O6/c1-19-13-8-10(9-14(20-2)15(13)21-3)16(18)22-12-7-5-4-6-11(12)17/h8-9,12H,4-7H2,1-3H3/t12-/m0/s1. The van der Waals surface area contributed by atoms with Gasteiger partial charge in [0.1, 0.15) is 0 Å². The van der Waals surface area contributed by atoms with Gasteiger partial charge in [0.25, 0.3) is 0 Å². The molecule has 0 unspecified atom stereocenters. The van der Waals surface area contributed by atoms with Crippen molar-refractivity contribution in [1.29, 1.82) is 0 Å². The van der Waals surface area contributed by atoms with E-state index in [1.807, 2.05) is 0 Å². The van der Waals surface area contributed by atoms with Gasteiger partial charge < -0.3 is 18.9 Å². The first kappa shape index (κ1) is 16.1. The molecule has 0 heterocycles. The summed E-state index contributed by atoms with van der Waals surface area (Å²) in [5, 5.41) is 0. The second kappa shape index (κ2) is 7.15. The average Bonchev–Trinajstić information content (AvgIpc) is 2.55. The third kappa shape index (κ3) is 3.32. The van der Waals surface area contributed by atoms with Crippen LogP contribution in [0, 0.1) is 0 Å². The van der Waals surface area contributed by atoms with Crippen LogP contribution < -0.4 is 14.2 Å². The quantitative estimate of drug-likeness (QED) is 0.778. The van der Waals surface area contributed by atoms with Crippen LogP contribution in [0.1, 0.15) is 36.0 Å². The van der Waals surface area contributed by atoms with E-state index in [1.165, 1.54) is 33.5 Å². The second-order valence-electron chi connectivity index (χ2n) is 5.02. The summed E-state index contributed by atoms with van der Waals surface area (Å²) < 4.78 is 20.9. The van der Waals surface area contributed by atoms with Crippen molar-refractivity contribution in [2.24, 2.45) is 0 Å². The highest BCUT2D eigenvalue weighted by Gasteiger charge is 2.27. The van der Waals surface area contributed by atoms with Gasteiger partial charge in [-0.15, -0.1) is 0 Å². The summed E-state index contributed by atoms with van der Waals surface area (Å²) in [6.45, 7) is 0. The molecule has 1 atom stereocenters. The maximum absolute atomic E-state index is 12.3. The predicted molar refractivity (Wildman–Crippen MR) is 78.8 cm³/mol. The largest absolute Gasteiger partial charge is 0.493 e. The maximum Gasteiger partial charge on any atom is 0.339 e. The van der Waals surface area contributed by atoms with Crippen molar-refractivity contribution in [2.45, 2.75) is 31.8 Å². The molecule has 2 rings (SSSR count). The molecule has 1 aliphatic carbocycles. The number of methoxy groups -OCH3 is 3. The molecule has 1 saturated carbocycles. The van der Waals surface area contributed by atoms with Crippen LogP contribution in [0.5, 0.6) is 17.2 Å². The molecule has 22 heavy (non-hydrogen) atoms. The van der Waals surface area contributed by atoms with Crippen LogP contribution in [0.25, 0.3) is 0 Å². The Morgan fingerprint density at radius 3 is 2.18 bits per heavy atom. The van der Waals surface area contributed by atoms with Gasteiger partial charge in [0.2, 0.25) is 5.75 Å². The molecule has 1 aromatic rings. The van der Waals surface area contributed by atoms with Gasteiger partial charge >= 0.3 is 5.97 Å². The average molecular weight is 308 g/mol. The molecule has 120 valence electrons. The van der Waals surface area contributed by atoms with Gasteiger partial charge in [-0.1, -0.05) is 0 Å². The molecule has 6 nitrogen and oxygen atoms in total. The lowest BCUT2D eigenvalue weighted by Crippen LogP contribution is -2.30. The Balaban J connectivity index is 2.23. The highest BCUT2D eigenvalue weighted by Crippen LogP contribution is 2.38. The molecule has 0 saturated heterocycles. The summed E-state index contributed by atoms with van der Waals surface area (Å²) in [4.78, 5) is 24.0. The normalized spacial score (nSPS) is 17.8. The summed E-state index contributed by atoms with van der Waals surface area (Å²) in [6, 6.07) is 3.02. The van der Waals surface area contributed by atoms with Gasteiger partial charge in [0, 0.05) is 6.42 Å². The lowest BCUT2D eigenvalue weighted by Gasteiger charge is -2.21. The number of hydrogen-bond donors (Lipinski definition) is 0. The van der Waals surface area contributed by atoms with E-state index in [-0.39, 0.29) is 11.3 Å². The maximum atomic E-state index is 12.3. The van der Waals surface area contributed by atoms with Crippen molar-refractivity contribution >= 4 is 11.8 Å². The van der Waals surface area contributed by atoms with Crippen LogP contribution in [0.15, 0.2) is 12.1 Å². The zero-order chi connectivity index (χ0) is 16.1. The summed E-state index contributed by atoms with van der Waals surface area (Å²) in [5.74, 6) is 0.536. The Kier molecular flexibility index (Phi) is 5.25. The number of carbonyl (C=O) groups is 2. The van der Waals surface area contributed by atoms with Crippen LogP contribution >= 0.6 is 0 Å². The first-order valence-electron chi connectivity index (χ1n) is 7.14. The van der Waals surface area contributed by atoms with E-state index >= 15 is 0 Å². The molecule has 0 radical (unpaired) electrons. The summed E-state index contributed by atoms with van der Waals surface area (Å²) in [7, 11) is 4.42. The van der Waals surface area contributed by atoms with Crippen LogP contribution in [-0.2, 0) is 9.53 Å². The molecule has 0 amide bonds. The van der Waals surface area contributed by atoms with E-state index < -0.39 is 12.1 Å². The van der Waals surface area contributed by atoms with Crippen molar-refractivity contribution in [3.8, 4) is 17.2 Å². The Morgan fingerprint density at radius 2 is 1.68 bits per heavy atom. The molecule has 0 aliphatic heterocycles. The van der Waals surface area contributed by atoms with Gasteiger partial charge in [-0.3, -0.25) is 4.79 Å². The molecular formula is C16H20O6. The minimum Gasteiger partial charge on any atom is -0.493 e. The van der Waals surface area contributed by atoms with Crippen LogP contribution in [0.3, 0.4) is 0 Å². The van der Waals surface area contributed by atoms with E-state index in [2.05, 4.69) is 0 Å².